The zero-order valence-electron chi connectivity index (χ0n) is 17.9. The Morgan fingerprint density at radius 2 is 1.93 bits per heavy atom. The lowest BCUT2D eigenvalue weighted by molar-refractivity contribution is 0.149. The summed E-state index contributed by atoms with van der Waals surface area (Å²) in [6.45, 7) is 3.75. The van der Waals surface area contributed by atoms with Crippen LogP contribution >= 0.6 is 0 Å². The molecule has 0 aromatic carbocycles. The summed E-state index contributed by atoms with van der Waals surface area (Å²) in [6.07, 6.45) is 8.36. The molecule has 0 bridgehead atoms. The maximum Gasteiger partial charge on any atom is 0.275 e. The van der Waals surface area contributed by atoms with E-state index >= 15 is 0 Å². The minimum absolute atomic E-state index is 0.0192. The van der Waals surface area contributed by atoms with Gasteiger partial charge < -0.3 is 8.98 Å². The van der Waals surface area contributed by atoms with Gasteiger partial charge in [0.2, 0.25) is 5.09 Å². The van der Waals surface area contributed by atoms with E-state index in [1.54, 1.807) is 12.1 Å². The zero-order valence-corrected chi connectivity index (χ0v) is 18.7. The van der Waals surface area contributed by atoms with E-state index in [1.807, 2.05) is 0 Å². The van der Waals surface area contributed by atoms with E-state index in [9.17, 15) is 8.42 Å². The Kier molecular flexibility index (Phi) is 5.02. The molecule has 0 N–H and O–H groups in total. The van der Waals surface area contributed by atoms with Crippen molar-refractivity contribution in [2.75, 3.05) is 27.2 Å². The van der Waals surface area contributed by atoms with Gasteiger partial charge in [-0.1, -0.05) is 6.42 Å². The van der Waals surface area contributed by atoms with Gasteiger partial charge in [-0.05, 0) is 62.7 Å². The lowest BCUT2D eigenvalue weighted by Crippen LogP contribution is -2.34. The molecule has 0 radical (unpaired) electrons. The standard InChI is InChI=1S/C21H31N5O3S/c1-24(2)30(27,28)19-8-7-16(29-19)15-25-12-9-21(10-13-25)14-17(21)20-23-22-18-6-4-3-5-11-26(18)20/h7-8,17H,3-6,9-15H2,1-2H3/t17-/m0/s1. The summed E-state index contributed by atoms with van der Waals surface area (Å²) in [5.41, 5.74) is 0.384. The second-order valence-corrected chi connectivity index (χ2v) is 11.4. The first-order chi connectivity index (χ1) is 14.4. The van der Waals surface area contributed by atoms with Crippen LogP contribution in [0.15, 0.2) is 21.6 Å². The van der Waals surface area contributed by atoms with Crippen LogP contribution in [0.2, 0.25) is 0 Å². The van der Waals surface area contributed by atoms with E-state index in [-0.39, 0.29) is 5.09 Å². The minimum atomic E-state index is -3.52. The van der Waals surface area contributed by atoms with Gasteiger partial charge in [0.05, 0.1) is 6.54 Å². The van der Waals surface area contributed by atoms with Gasteiger partial charge in [0, 0.05) is 33.0 Å². The summed E-state index contributed by atoms with van der Waals surface area (Å²) in [7, 11) is -0.484. The first-order valence-corrected chi connectivity index (χ1v) is 12.5. The monoisotopic (exact) mass is 433 g/mol. The fourth-order valence-corrected chi connectivity index (χ4v) is 5.98. The van der Waals surface area contributed by atoms with Gasteiger partial charge in [0.15, 0.2) is 0 Å². The van der Waals surface area contributed by atoms with Crippen LogP contribution in [0.3, 0.4) is 0 Å². The third-order valence-electron chi connectivity index (χ3n) is 7.24. The van der Waals surface area contributed by atoms with Gasteiger partial charge in [0.25, 0.3) is 10.0 Å². The average molecular weight is 434 g/mol. The lowest BCUT2D eigenvalue weighted by atomic mass is 9.90. The molecule has 1 saturated heterocycles. The van der Waals surface area contributed by atoms with E-state index in [4.69, 9.17) is 4.42 Å². The van der Waals surface area contributed by atoms with Crippen LogP contribution in [0.1, 0.15) is 61.9 Å². The molecule has 1 atom stereocenters. The normalized spacial score (nSPS) is 24.2. The number of rotatable bonds is 5. The van der Waals surface area contributed by atoms with Crippen LogP contribution < -0.4 is 0 Å². The van der Waals surface area contributed by atoms with Gasteiger partial charge in [-0.3, -0.25) is 4.90 Å². The van der Waals surface area contributed by atoms with Gasteiger partial charge in [-0.2, -0.15) is 0 Å². The maximum atomic E-state index is 12.2. The van der Waals surface area contributed by atoms with Crippen LogP contribution in [0.5, 0.6) is 0 Å². The van der Waals surface area contributed by atoms with Gasteiger partial charge >= 0.3 is 0 Å². The Bertz CT molecular complexity index is 1020. The number of aryl methyl sites for hydroxylation is 1. The van der Waals surface area contributed by atoms with Crippen molar-refractivity contribution < 1.29 is 12.8 Å². The summed E-state index contributed by atoms with van der Waals surface area (Å²) >= 11 is 0. The third kappa shape index (κ3) is 3.50. The van der Waals surface area contributed by atoms with E-state index in [0.717, 1.165) is 38.9 Å². The largest absolute Gasteiger partial charge is 0.447 e. The number of piperidine rings is 1. The number of sulfonamides is 1. The molecule has 0 amide bonds. The number of hydrogen-bond donors (Lipinski definition) is 0. The van der Waals surface area contributed by atoms with Crippen LogP contribution in [-0.4, -0.2) is 59.6 Å². The van der Waals surface area contributed by atoms with Crippen molar-refractivity contribution in [3.8, 4) is 0 Å². The molecule has 1 aliphatic carbocycles. The van der Waals surface area contributed by atoms with Crippen molar-refractivity contribution in [1.29, 1.82) is 0 Å². The van der Waals surface area contributed by atoms with Crippen molar-refractivity contribution in [3.05, 3.63) is 29.5 Å². The number of aromatic nitrogens is 3. The number of fused-ring (bicyclic) bond motifs is 1. The third-order valence-corrected chi connectivity index (χ3v) is 8.93. The molecule has 2 fully saturated rings. The van der Waals surface area contributed by atoms with Crippen LogP contribution in [0.4, 0.5) is 0 Å². The summed E-state index contributed by atoms with van der Waals surface area (Å²) < 4.78 is 33.6. The van der Waals surface area contributed by atoms with E-state index < -0.39 is 10.0 Å². The van der Waals surface area contributed by atoms with Crippen molar-refractivity contribution in [3.63, 3.8) is 0 Å². The van der Waals surface area contributed by atoms with E-state index in [1.165, 1.54) is 55.7 Å². The molecule has 1 spiro atoms. The molecule has 2 aliphatic heterocycles. The Balaban J connectivity index is 1.20. The molecule has 2 aromatic heterocycles. The second kappa shape index (κ2) is 7.46. The molecular weight excluding hydrogens is 402 g/mol. The first kappa shape index (κ1) is 20.2. The Hall–Kier alpha value is -1.71. The fourth-order valence-electron chi connectivity index (χ4n) is 5.17. The molecule has 4 heterocycles. The van der Waals surface area contributed by atoms with Gasteiger partial charge in [0.1, 0.15) is 17.4 Å². The Morgan fingerprint density at radius 1 is 1.13 bits per heavy atom. The Labute approximate surface area is 178 Å². The lowest BCUT2D eigenvalue weighted by Gasteiger charge is -2.32. The summed E-state index contributed by atoms with van der Waals surface area (Å²) in [4.78, 5) is 2.37. The molecule has 8 nitrogen and oxygen atoms in total. The highest BCUT2D eigenvalue weighted by molar-refractivity contribution is 7.88. The molecule has 0 unspecified atom stereocenters. The summed E-state index contributed by atoms with van der Waals surface area (Å²) in [5, 5.41) is 9.12. The molecule has 30 heavy (non-hydrogen) atoms. The molecule has 1 saturated carbocycles. The molecule has 3 aliphatic rings. The highest BCUT2D eigenvalue weighted by Gasteiger charge is 2.57. The second-order valence-electron chi connectivity index (χ2n) is 9.34. The SMILES string of the molecule is CN(C)S(=O)(=O)c1ccc(CN2CCC3(CC2)C[C@H]3c2nnc3n2CCCCC3)o1. The number of nitrogens with zero attached hydrogens (tertiary/aromatic N) is 5. The highest BCUT2D eigenvalue weighted by Crippen LogP contribution is 2.64. The first-order valence-electron chi connectivity index (χ1n) is 11.0. The molecule has 9 heteroatoms. The smallest absolute Gasteiger partial charge is 0.275 e. The predicted octanol–water partition coefficient (Wildman–Crippen LogP) is 2.62. The van der Waals surface area contributed by atoms with Crippen molar-refractivity contribution >= 4 is 10.0 Å². The number of hydrogen-bond acceptors (Lipinski definition) is 6. The number of likely N-dealkylation sites (tertiary alicyclic amines) is 1. The average Bonchev–Trinajstić information content (AvgIpc) is 3.06. The van der Waals surface area contributed by atoms with Gasteiger partial charge in [-0.25, -0.2) is 12.7 Å². The van der Waals surface area contributed by atoms with Gasteiger partial charge in [-0.15, -0.1) is 10.2 Å². The van der Waals surface area contributed by atoms with Crippen molar-refractivity contribution in [2.45, 2.75) is 69.0 Å². The quantitative estimate of drug-likeness (QED) is 0.721. The van der Waals surface area contributed by atoms with Crippen LogP contribution in [-0.2, 0) is 29.5 Å². The highest BCUT2D eigenvalue weighted by atomic mass is 32.2. The van der Waals surface area contributed by atoms with Crippen LogP contribution in [0, 0.1) is 5.41 Å². The zero-order chi connectivity index (χ0) is 20.9. The van der Waals surface area contributed by atoms with Crippen LogP contribution in [0.25, 0.3) is 0 Å². The summed E-state index contributed by atoms with van der Waals surface area (Å²) in [6, 6.07) is 3.34. The molecule has 164 valence electrons. The van der Waals surface area contributed by atoms with Crippen molar-refractivity contribution in [1.82, 2.24) is 24.0 Å². The molecular formula is C21H31N5O3S. The van der Waals surface area contributed by atoms with E-state index in [0.29, 0.717) is 23.6 Å². The minimum Gasteiger partial charge on any atom is -0.447 e. The molecule has 2 aromatic rings. The maximum absolute atomic E-state index is 12.2. The number of furan rings is 1. The predicted molar refractivity (Wildman–Crippen MR) is 111 cm³/mol. The van der Waals surface area contributed by atoms with E-state index in [2.05, 4.69) is 19.7 Å². The fraction of sp³-hybridized carbons (Fsp3) is 0.714. The van der Waals surface area contributed by atoms with Crippen molar-refractivity contribution in [2.24, 2.45) is 5.41 Å². The molecule has 5 rings (SSSR count). The summed E-state index contributed by atoms with van der Waals surface area (Å²) in [5.74, 6) is 3.68. The Morgan fingerprint density at radius 3 is 2.70 bits per heavy atom. The topological polar surface area (TPSA) is 84.5 Å².